The minimum atomic E-state index is -1.36. The van der Waals surface area contributed by atoms with Crippen LogP contribution in [-0.2, 0) is 19.1 Å². The monoisotopic (exact) mass is 261 g/mol. The van der Waals surface area contributed by atoms with E-state index in [0.29, 0.717) is 0 Å². The number of hydrogen-bond donors (Lipinski definition) is 2. The zero-order valence-electron chi connectivity index (χ0n) is 11.0. The van der Waals surface area contributed by atoms with Gasteiger partial charge in [0.15, 0.2) is 0 Å². The second-order valence-electron chi connectivity index (χ2n) is 4.55. The number of hydrogen-bond acceptors (Lipinski definition) is 5. The predicted octanol–water partition coefficient (Wildman–Crippen LogP) is 0.918. The van der Waals surface area contributed by atoms with Crippen LogP contribution in [0.25, 0.3) is 0 Å². The van der Waals surface area contributed by atoms with Crippen LogP contribution in [-0.4, -0.2) is 41.4 Å². The van der Waals surface area contributed by atoms with Crippen molar-refractivity contribution in [3.8, 4) is 0 Å². The highest BCUT2D eigenvalue weighted by atomic mass is 16.6. The first-order valence-electron chi connectivity index (χ1n) is 5.53. The second-order valence-corrected chi connectivity index (χ2v) is 4.55. The number of amides is 1. The Labute approximate surface area is 105 Å². The number of carbonyl (C=O) groups is 3. The van der Waals surface area contributed by atoms with Crippen molar-refractivity contribution < 1.29 is 29.0 Å². The maximum atomic E-state index is 11.4. The van der Waals surface area contributed by atoms with E-state index in [4.69, 9.17) is 9.84 Å². The highest BCUT2D eigenvalue weighted by Gasteiger charge is 2.26. The van der Waals surface area contributed by atoms with Gasteiger partial charge in [0.25, 0.3) is 0 Å². The molecule has 0 saturated carbocycles. The third kappa shape index (κ3) is 7.48. The van der Waals surface area contributed by atoms with Gasteiger partial charge in [-0.15, -0.1) is 0 Å². The summed E-state index contributed by atoms with van der Waals surface area (Å²) >= 11 is 0. The van der Waals surface area contributed by atoms with Gasteiger partial charge in [-0.2, -0.15) is 0 Å². The molecule has 0 heterocycles. The largest absolute Gasteiger partial charge is 0.480 e. The summed E-state index contributed by atoms with van der Waals surface area (Å²) in [6.07, 6.45) is -1.33. The Morgan fingerprint density at radius 1 is 1.28 bits per heavy atom. The van der Waals surface area contributed by atoms with Crippen LogP contribution in [0.4, 0.5) is 4.79 Å². The summed E-state index contributed by atoms with van der Waals surface area (Å²) in [6, 6.07) is -1.36. The molecule has 104 valence electrons. The van der Waals surface area contributed by atoms with Crippen LogP contribution >= 0.6 is 0 Å². The summed E-state index contributed by atoms with van der Waals surface area (Å²) < 4.78 is 9.51. The number of nitrogens with one attached hydrogen (secondary N) is 1. The Morgan fingerprint density at radius 2 is 1.83 bits per heavy atom. The lowest BCUT2D eigenvalue weighted by Gasteiger charge is -2.21. The normalized spacial score (nSPS) is 12.4. The maximum Gasteiger partial charge on any atom is 0.408 e. The molecule has 0 aliphatic rings. The lowest BCUT2D eigenvalue weighted by molar-refractivity contribution is -0.149. The van der Waals surface area contributed by atoms with Crippen LogP contribution in [0.2, 0.25) is 0 Å². The number of aliphatic carboxylic acids is 1. The zero-order chi connectivity index (χ0) is 14.3. The first-order chi connectivity index (χ1) is 8.15. The van der Waals surface area contributed by atoms with Gasteiger partial charge in [0.2, 0.25) is 0 Å². The number of carboxylic acid groups (broad SMARTS) is 1. The topological polar surface area (TPSA) is 102 Å². The summed E-state index contributed by atoms with van der Waals surface area (Å²) in [5.41, 5.74) is -0.739. The van der Waals surface area contributed by atoms with Crippen molar-refractivity contribution in [1.29, 1.82) is 0 Å². The number of alkyl carbamates (subject to hydrolysis) is 1. The Hall–Kier alpha value is -1.79. The van der Waals surface area contributed by atoms with E-state index < -0.39 is 36.1 Å². The van der Waals surface area contributed by atoms with E-state index >= 15 is 0 Å². The molecule has 2 N–H and O–H groups in total. The highest BCUT2D eigenvalue weighted by Crippen LogP contribution is 2.07. The first kappa shape index (κ1) is 16.2. The van der Waals surface area contributed by atoms with Crippen LogP contribution in [0.1, 0.15) is 34.1 Å². The fraction of sp³-hybridized carbons (Fsp3) is 0.727. The average Bonchev–Trinajstić information content (AvgIpc) is 2.13. The molecule has 1 amide bonds. The molecule has 0 spiro atoms. The van der Waals surface area contributed by atoms with E-state index in [1.165, 1.54) is 0 Å². The molecule has 18 heavy (non-hydrogen) atoms. The van der Waals surface area contributed by atoms with E-state index in [-0.39, 0.29) is 6.61 Å². The molecule has 0 fully saturated rings. The van der Waals surface area contributed by atoms with E-state index in [2.05, 4.69) is 10.1 Å². The maximum absolute atomic E-state index is 11.4. The van der Waals surface area contributed by atoms with Gasteiger partial charge in [0, 0.05) is 0 Å². The molecule has 0 aromatic carbocycles. The Kier molecular flexibility index (Phi) is 6.15. The quantitative estimate of drug-likeness (QED) is 0.713. The Bertz CT molecular complexity index is 320. The smallest absolute Gasteiger partial charge is 0.408 e. The molecular weight excluding hydrogens is 242 g/mol. The van der Waals surface area contributed by atoms with E-state index in [1.54, 1.807) is 27.7 Å². The number of rotatable bonds is 5. The summed E-state index contributed by atoms with van der Waals surface area (Å²) in [5.74, 6) is -2.02. The van der Waals surface area contributed by atoms with Crippen molar-refractivity contribution in [2.75, 3.05) is 6.61 Å². The molecular formula is C11H19NO6. The van der Waals surface area contributed by atoms with Crippen molar-refractivity contribution in [3.63, 3.8) is 0 Å². The van der Waals surface area contributed by atoms with Gasteiger partial charge >= 0.3 is 18.0 Å². The number of carboxylic acids is 1. The third-order valence-electron chi connectivity index (χ3n) is 1.67. The Balaban J connectivity index is 4.41. The van der Waals surface area contributed by atoms with Crippen molar-refractivity contribution >= 4 is 18.0 Å². The summed E-state index contributed by atoms with van der Waals surface area (Å²) in [7, 11) is 0. The van der Waals surface area contributed by atoms with Gasteiger partial charge in [-0.05, 0) is 27.7 Å². The van der Waals surface area contributed by atoms with Gasteiger partial charge in [0.05, 0.1) is 13.0 Å². The lowest BCUT2D eigenvalue weighted by atomic mass is 10.2. The van der Waals surface area contributed by atoms with Crippen molar-refractivity contribution in [2.24, 2.45) is 0 Å². The van der Waals surface area contributed by atoms with Gasteiger partial charge in [0.1, 0.15) is 11.6 Å². The molecule has 0 aliphatic carbocycles. The van der Waals surface area contributed by atoms with Crippen molar-refractivity contribution in [1.82, 2.24) is 5.32 Å². The molecule has 0 saturated heterocycles. The minimum Gasteiger partial charge on any atom is -0.480 e. The number of ether oxygens (including phenoxy) is 2. The van der Waals surface area contributed by atoms with Crippen molar-refractivity contribution in [3.05, 3.63) is 0 Å². The molecule has 1 atom stereocenters. The molecule has 0 rings (SSSR count). The van der Waals surface area contributed by atoms with E-state index in [1.807, 2.05) is 0 Å². The van der Waals surface area contributed by atoms with Crippen LogP contribution in [0.5, 0.6) is 0 Å². The first-order valence-corrected chi connectivity index (χ1v) is 5.53. The van der Waals surface area contributed by atoms with Crippen molar-refractivity contribution in [2.45, 2.75) is 45.8 Å². The van der Waals surface area contributed by atoms with Crippen LogP contribution < -0.4 is 5.32 Å². The lowest BCUT2D eigenvalue weighted by Crippen LogP contribution is -2.44. The zero-order valence-corrected chi connectivity index (χ0v) is 11.0. The second kappa shape index (κ2) is 6.83. The predicted molar refractivity (Wildman–Crippen MR) is 62.0 cm³/mol. The van der Waals surface area contributed by atoms with Gasteiger partial charge in [-0.1, -0.05) is 0 Å². The Morgan fingerprint density at radius 3 is 2.22 bits per heavy atom. The van der Waals surface area contributed by atoms with E-state index in [0.717, 1.165) is 0 Å². The fourth-order valence-corrected chi connectivity index (χ4v) is 1.04. The summed E-state index contributed by atoms with van der Waals surface area (Å²) in [6.45, 7) is 6.70. The molecule has 7 nitrogen and oxygen atoms in total. The third-order valence-corrected chi connectivity index (χ3v) is 1.67. The molecule has 0 bridgehead atoms. The fourth-order valence-electron chi connectivity index (χ4n) is 1.04. The minimum absolute atomic E-state index is 0.150. The van der Waals surface area contributed by atoms with Crippen LogP contribution in [0.15, 0.2) is 0 Å². The van der Waals surface area contributed by atoms with Gasteiger partial charge in [-0.3, -0.25) is 4.79 Å². The molecule has 7 heteroatoms. The molecule has 0 aromatic heterocycles. The van der Waals surface area contributed by atoms with Crippen LogP contribution in [0, 0.1) is 0 Å². The average molecular weight is 261 g/mol. The highest BCUT2D eigenvalue weighted by molar-refractivity contribution is 5.85. The van der Waals surface area contributed by atoms with Crippen LogP contribution in [0.3, 0.4) is 0 Å². The van der Waals surface area contributed by atoms with E-state index in [9.17, 15) is 14.4 Å². The standard InChI is InChI=1S/C11H19NO6/c1-5-17-8(13)6-7(9(14)15)12-10(16)18-11(2,3)4/h7H,5-6H2,1-4H3,(H,12,16)(H,14,15)/t7-/m0/s1. The summed E-state index contributed by atoms with van der Waals surface area (Å²) in [4.78, 5) is 33.4. The molecule has 0 unspecified atom stereocenters. The number of esters is 1. The number of carbonyl (C=O) groups excluding carboxylic acids is 2. The van der Waals surface area contributed by atoms with Gasteiger partial charge in [-0.25, -0.2) is 9.59 Å². The molecule has 0 aliphatic heterocycles. The molecule has 0 radical (unpaired) electrons. The summed E-state index contributed by atoms with van der Waals surface area (Å²) in [5, 5.41) is 11.0. The van der Waals surface area contributed by atoms with Gasteiger partial charge < -0.3 is 19.9 Å². The SMILES string of the molecule is CCOC(=O)C[C@H](NC(=O)OC(C)(C)C)C(=O)O. The molecule has 0 aromatic rings.